The molecule has 1 aliphatic heterocycles. The van der Waals surface area contributed by atoms with Crippen LogP contribution in [0.5, 0.6) is 11.5 Å². The van der Waals surface area contributed by atoms with E-state index >= 15 is 0 Å². The lowest BCUT2D eigenvalue weighted by molar-refractivity contribution is -0.127. The quantitative estimate of drug-likeness (QED) is 0.558. The third-order valence-electron chi connectivity index (χ3n) is 4.96. The molecule has 3 aromatic rings. The second-order valence-corrected chi connectivity index (χ2v) is 7.92. The van der Waals surface area contributed by atoms with Gasteiger partial charge in [-0.2, -0.15) is 0 Å². The molecule has 1 heterocycles. The van der Waals surface area contributed by atoms with Gasteiger partial charge in [0, 0.05) is 16.6 Å². The number of nitrogens with one attached hydrogen (secondary N) is 1. The first-order valence-electron chi connectivity index (χ1n) is 9.76. The standard InChI is InChI=1S/C24H20N2O5S/c1-30-19-12-6-9-16(22(19)31-2)13-20-23(28)26(24(29)32-20)14-21(27)25-18-11-5-8-15-7-3-4-10-17(15)18/h3-13H,14H2,1-2H3,(H,25,27)/b20-13+. The zero-order valence-corrected chi connectivity index (χ0v) is 18.3. The van der Waals surface area contributed by atoms with Crippen LogP contribution in [0, 0.1) is 0 Å². The summed E-state index contributed by atoms with van der Waals surface area (Å²) in [5.41, 5.74) is 1.22. The van der Waals surface area contributed by atoms with Crippen molar-refractivity contribution in [1.82, 2.24) is 4.90 Å². The molecule has 3 aromatic carbocycles. The molecule has 0 atom stereocenters. The van der Waals surface area contributed by atoms with E-state index in [2.05, 4.69) is 5.32 Å². The molecule has 0 unspecified atom stereocenters. The Morgan fingerprint density at radius 2 is 1.75 bits per heavy atom. The van der Waals surface area contributed by atoms with E-state index in [1.807, 2.05) is 36.4 Å². The largest absolute Gasteiger partial charge is 0.493 e. The number of hydrogen-bond donors (Lipinski definition) is 1. The Labute approximate surface area is 189 Å². The molecule has 1 saturated heterocycles. The zero-order chi connectivity index (χ0) is 22.7. The van der Waals surface area contributed by atoms with Crippen LogP contribution in [0.25, 0.3) is 16.8 Å². The monoisotopic (exact) mass is 448 g/mol. The summed E-state index contributed by atoms with van der Waals surface area (Å²) in [6.45, 7) is -0.375. The van der Waals surface area contributed by atoms with Gasteiger partial charge in [-0.15, -0.1) is 0 Å². The predicted molar refractivity (Wildman–Crippen MR) is 125 cm³/mol. The maximum Gasteiger partial charge on any atom is 0.294 e. The van der Waals surface area contributed by atoms with E-state index in [1.165, 1.54) is 14.2 Å². The number of amides is 3. The average Bonchev–Trinajstić information content (AvgIpc) is 3.06. The molecule has 0 aliphatic carbocycles. The van der Waals surface area contributed by atoms with Gasteiger partial charge < -0.3 is 14.8 Å². The second-order valence-electron chi connectivity index (χ2n) is 6.93. The van der Waals surface area contributed by atoms with Gasteiger partial charge in [-0.3, -0.25) is 19.3 Å². The lowest BCUT2D eigenvalue weighted by Crippen LogP contribution is -2.36. The van der Waals surface area contributed by atoms with Gasteiger partial charge in [0.15, 0.2) is 11.5 Å². The van der Waals surface area contributed by atoms with Gasteiger partial charge in [-0.05, 0) is 35.4 Å². The number of anilines is 1. The number of carbonyl (C=O) groups is 3. The van der Waals surface area contributed by atoms with Crippen molar-refractivity contribution in [2.75, 3.05) is 26.1 Å². The Kier molecular flexibility index (Phi) is 6.13. The number of fused-ring (bicyclic) bond motifs is 1. The van der Waals surface area contributed by atoms with Crippen LogP contribution in [-0.4, -0.2) is 42.7 Å². The Bertz CT molecular complexity index is 1250. The molecule has 162 valence electrons. The zero-order valence-electron chi connectivity index (χ0n) is 17.5. The highest BCUT2D eigenvalue weighted by Gasteiger charge is 2.36. The topological polar surface area (TPSA) is 84.9 Å². The third kappa shape index (κ3) is 4.17. The number of rotatable bonds is 6. The molecule has 0 saturated carbocycles. The Morgan fingerprint density at radius 1 is 1.00 bits per heavy atom. The molecule has 8 heteroatoms. The molecule has 1 N–H and O–H groups in total. The number of thioether (sulfide) groups is 1. The Balaban J connectivity index is 1.52. The van der Waals surface area contributed by atoms with E-state index in [1.54, 1.807) is 30.3 Å². The van der Waals surface area contributed by atoms with E-state index in [4.69, 9.17) is 9.47 Å². The minimum atomic E-state index is -0.530. The second kappa shape index (κ2) is 9.15. The predicted octanol–water partition coefficient (Wildman–Crippen LogP) is 4.53. The SMILES string of the molecule is COc1cccc(/C=C2/SC(=O)N(CC(=O)Nc3cccc4ccccc34)C2=O)c1OC. The fourth-order valence-electron chi connectivity index (χ4n) is 3.47. The maximum absolute atomic E-state index is 12.8. The lowest BCUT2D eigenvalue weighted by Gasteiger charge is -2.14. The van der Waals surface area contributed by atoms with E-state index in [9.17, 15) is 14.4 Å². The molecule has 4 rings (SSSR count). The van der Waals surface area contributed by atoms with Crippen molar-refractivity contribution < 1.29 is 23.9 Å². The fourth-order valence-corrected chi connectivity index (χ4v) is 4.30. The number of hydrogen-bond acceptors (Lipinski definition) is 6. The molecule has 0 spiro atoms. The maximum atomic E-state index is 12.8. The van der Waals surface area contributed by atoms with Gasteiger partial charge in [0.2, 0.25) is 5.91 Å². The highest BCUT2D eigenvalue weighted by Crippen LogP contribution is 2.37. The molecule has 0 bridgehead atoms. The molecular formula is C24H20N2O5S. The molecule has 0 aromatic heterocycles. The van der Waals surface area contributed by atoms with Crippen LogP contribution in [-0.2, 0) is 9.59 Å². The van der Waals surface area contributed by atoms with Gasteiger partial charge in [0.25, 0.3) is 11.1 Å². The number of benzene rings is 3. The van der Waals surface area contributed by atoms with Gasteiger partial charge >= 0.3 is 0 Å². The van der Waals surface area contributed by atoms with Crippen LogP contribution < -0.4 is 14.8 Å². The number of ether oxygens (including phenoxy) is 2. The van der Waals surface area contributed by atoms with Crippen LogP contribution >= 0.6 is 11.8 Å². The van der Waals surface area contributed by atoms with Crippen LogP contribution in [0.4, 0.5) is 10.5 Å². The summed E-state index contributed by atoms with van der Waals surface area (Å²) in [7, 11) is 3.02. The number of para-hydroxylation sites is 1. The van der Waals surface area contributed by atoms with Crippen molar-refractivity contribution in [3.63, 3.8) is 0 Å². The smallest absolute Gasteiger partial charge is 0.294 e. The van der Waals surface area contributed by atoms with Crippen LogP contribution in [0.2, 0.25) is 0 Å². The van der Waals surface area contributed by atoms with Crippen molar-refractivity contribution in [2.45, 2.75) is 0 Å². The lowest BCUT2D eigenvalue weighted by atomic mass is 10.1. The number of carbonyl (C=O) groups excluding carboxylic acids is 3. The summed E-state index contributed by atoms with van der Waals surface area (Å²) >= 11 is 0.782. The summed E-state index contributed by atoms with van der Waals surface area (Å²) < 4.78 is 10.7. The van der Waals surface area contributed by atoms with E-state index in [0.717, 1.165) is 27.4 Å². The van der Waals surface area contributed by atoms with Gasteiger partial charge in [-0.25, -0.2) is 0 Å². The first kappa shape index (κ1) is 21.5. The summed E-state index contributed by atoms with van der Waals surface area (Å²) in [6, 6.07) is 18.4. The summed E-state index contributed by atoms with van der Waals surface area (Å²) in [5.74, 6) is -0.0211. The van der Waals surface area contributed by atoms with Crippen molar-refractivity contribution in [3.05, 3.63) is 71.1 Å². The van der Waals surface area contributed by atoms with Gasteiger partial charge in [0.1, 0.15) is 6.54 Å². The van der Waals surface area contributed by atoms with E-state index < -0.39 is 17.1 Å². The Hall–Kier alpha value is -3.78. The molecule has 1 aliphatic rings. The number of methoxy groups -OCH3 is 2. The summed E-state index contributed by atoms with van der Waals surface area (Å²) in [5, 5.41) is 4.15. The van der Waals surface area contributed by atoms with Gasteiger partial charge in [0.05, 0.1) is 19.1 Å². The fraction of sp³-hybridized carbons (Fsp3) is 0.125. The molecule has 32 heavy (non-hydrogen) atoms. The van der Waals surface area contributed by atoms with E-state index in [-0.39, 0.29) is 11.4 Å². The highest BCUT2D eigenvalue weighted by molar-refractivity contribution is 8.18. The molecule has 1 fully saturated rings. The Morgan fingerprint density at radius 3 is 2.53 bits per heavy atom. The van der Waals surface area contributed by atoms with Crippen LogP contribution in [0.15, 0.2) is 65.6 Å². The normalized spacial score (nSPS) is 14.8. The summed E-state index contributed by atoms with van der Waals surface area (Å²) in [4.78, 5) is 39.1. The van der Waals surface area contributed by atoms with Crippen molar-refractivity contribution in [3.8, 4) is 11.5 Å². The summed E-state index contributed by atoms with van der Waals surface area (Å²) in [6.07, 6.45) is 1.56. The minimum absolute atomic E-state index is 0.208. The molecule has 7 nitrogen and oxygen atoms in total. The van der Waals surface area contributed by atoms with Crippen molar-refractivity contribution in [2.24, 2.45) is 0 Å². The van der Waals surface area contributed by atoms with Crippen LogP contribution in [0.1, 0.15) is 5.56 Å². The third-order valence-corrected chi connectivity index (χ3v) is 5.87. The number of imide groups is 1. The minimum Gasteiger partial charge on any atom is -0.493 e. The van der Waals surface area contributed by atoms with E-state index in [0.29, 0.717) is 22.7 Å². The molecule has 0 radical (unpaired) electrons. The first-order chi connectivity index (χ1) is 15.5. The van der Waals surface area contributed by atoms with Crippen molar-refractivity contribution in [1.29, 1.82) is 0 Å². The molecule has 3 amide bonds. The van der Waals surface area contributed by atoms with Crippen LogP contribution in [0.3, 0.4) is 0 Å². The van der Waals surface area contributed by atoms with Gasteiger partial charge in [-0.1, -0.05) is 48.5 Å². The highest BCUT2D eigenvalue weighted by atomic mass is 32.2. The average molecular weight is 449 g/mol. The number of nitrogens with zero attached hydrogens (tertiary/aromatic N) is 1. The molecular weight excluding hydrogens is 428 g/mol. The van der Waals surface area contributed by atoms with Crippen molar-refractivity contribution >= 4 is 51.4 Å². The first-order valence-corrected chi connectivity index (χ1v) is 10.6.